The van der Waals surface area contributed by atoms with Gasteiger partial charge < -0.3 is 38.3 Å². The van der Waals surface area contributed by atoms with Crippen molar-refractivity contribution in [2.45, 2.75) is 69.0 Å². The van der Waals surface area contributed by atoms with Gasteiger partial charge in [-0.25, -0.2) is 0 Å². The molecule has 5 fully saturated rings. The molecular weight excluding hydrogens is 344 g/mol. The number of hydrogen-bond acceptors (Lipinski definition) is 8. The second kappa shape index (κ2) is 7.60. The highest BCUT2D eigenvalue weighted by Gasteiger charge is 2.55. The zero-order valence-corrected chi connectivity index (χ0v) is 14.9. The monoisotopic (exact) mass is 372 g/mol. The van der Waals surface area contributed by atoms with Crippen LogP contribution >= 0.6 is 0 Å². The smallest absolute Gasteiger partial charge is 0.190 e. The van der Waals surface area contributed by atoms with Gasteiger partial charge in [0.2, 0.25) is 0 Å². The van der Waals surface area contributed by atoms with E-state index in [1.807, 2.05) is 0 Å². The lowest BCUT2D eigenvalue weighted by atomic mass is 9.96. The molecule has 8 heteroatoms. The highest BCUT2D eigenvalue weighted by atomic mass is 16.8. The summed E-state index contributed by atoms with van der Waals surface area (Å²) in [6.45, 7) is 3.22. The summed E-state index contributed by atoms with van der Waals surface area (Å²) in [5, 5.41) is 10.9. The van der Waals surface area contributed by atoms with Crippen LogP contribution in [0.3, 0.4) is 0 Å². The second-order valence-electron chi connectivity index (χ2n) is 7.90. The van der Waals surface area contributed by atoms with Gasteiger partial charge in [0.25, 0.3) is 0 Å². The highest BCUT2D eigenvalue weighted by molar-refractivity contribution is 4.96. The predicted octanol–water partition coefficient (Wildman–Crippen LogP) is 0.408. The van der Waals surface area contributed by atoms with E-state index in [-0.39, 0.29) is 24.2 Å². The number of rotatable bonds is 2. The van der Waals surface area contributed by atoms with Crippen molar-refractivity contribution in [3.63, 3.8) is 0 Å². The lowest BCUT2D eigenvalue weighted by Gasteiger charge is -2.46. The summed E-state index contributed by atoms with van der Waals surface area (Å²) in [4.78, 5) is 0. The van der Waals surface area contributed by atoms with Crippen molar-refractivity contribution in [2.24, 2.45) is 11.8 Å². The molecule has 9 unspecified atom stereocenters. The fraction of sp³-hybridized carbons (Fsp3) is 1.00. The molecule has 5 aliphatic rings. The zero-order valence-electron chi connectivity index (χ0n) is 14.9. The van der Waals surface area contributed by atoms with E-state index in [9.17, 15) is 5.11 Å². The fourth-order valence-corrected chi connectivity index (χ4v) is 4.58. The van der Waals surface area contributed by atoms with Gasteiger partial charge >= 0.3 is 0 Å². The molecule has 5 saturated heterocycles. The topological polar surface area (TPSA) is 84.8 Å². The van der Waals surface area contributed by atoms with Crippen LogP contribution in [0.5, 0.6) is 0 Å². The molecule has 0 spiro atoms. The Kier molecular flexibility index (Phi) is 5.19. The van der Waals surface area contributed by atoms with Gasteiger partial charge in [-0.3, -0.25) is 0 Å². The van der Waals surface area contributed by atoms with E-state index >= 15 is 0 Å². The normalized spacial score (nSPS) is 52.3. The minimum Gasteiger partial charge on any atom is -0.387 e. The van der Waals surface area contributed by atoms with Gasteiger partial charge in [0, 0.05) is 25.0 Å². The van der Waals surface area contributed by atoms with Crippen LogP contribution in [0.4, 0.5) is 0 Å². The van der Waals surface area contributed by atoms with E-state index in [2.05, 4.69) is 0 Å². The largest absolute Gasteiger partial charge is 0.387 e. The summed E-state index contributed by atoms with van der Waals surface area (Å²) < 4.78 is 41.0. The quantitative estimate of drug-likeness (QED) is 0.746. The van der Waals surface area contributed by atoms with E-state index in [0.29, 0.717) is 19.8 Å². The maximum Gasteiger partial charge on any atom is 0.190 e. The first-order valence-corrected chi connectivity index (χ1v) is 9.86. The number of ether oxygens (including phenoxy) is 7. The van der Waals surface area contributed by atoms with Crippen LogP contribution in [0.15, 0.2) is 0 Å². The standard InChI is InChI=1S/C18H28O8/c19-13-14-12(9-22-16(24-14)10-3-1-5-20-7-10)23-18-15(13)25-17(26-18)11-4-2-6-21-8-11/h10-19H,1-9H2. The molecule has 0 aromatic rings. The number of fused-ring (bicyclic) bond motifs is 2. The maximum absolute atomic E-state index is 10.9. The van der Waals surface area contributed by atoms with Crippen LogP contribution < -0.4 is 0 Å². The molecule has 0 aliphatic carbocycles. The third kappa shape index (κ3) is 3.31. The molecule has 0 radical (unpaired) electrons. The molecule has 0 aromatic heterocycles. The third-order valence-corrected chi connectivity index (χ3v) is 6.05. The van der Waals surface area contributed by atoms with E-state index < -0.39 is 30.9 Å². The molecule has 1 N–H and O–H groups in total. The Balaban J connectivity index is 1.23. The third-order valence-electron chi connectivity index (χ3n) is 6.05. The summed E-state index contributed by atoms with van der Waals surface area (Å²) in [5.74, 6) is 0.374. The second-order valence-corrected chi connectivity index (χ2v) is 7.90. The molecule has 0 saturated carbocycles. The number of aliphatic hydroxyl groups is 1. The van der Waals surface area contributed by atoms with Gasteiger partial charge in [0.1, 0.15) is 24.4 Å². The molecule has 0 aromatic carbocycles. The summed E-state index contributed by atoms with van der Waals surface area (Å²) in [7, 11) is 0. The van der Waals surface area contributed by atoms with E-state index in [1.54, 1.807) is 0 Å². The Hall–Kier alpha value is -0.320. The van der Waals surface area contributed by atoms with Crippen LogP contribution in [-0.4, -0.2) is 81.4 Å². The molecule has 148 valence electrons. The average Bonchev–Trinajstić information content (AvgIpc) is 3.14. The molecule has 0 bridgehead atoms. The summed E-state index contributed by atoms with van der Waals surface area (Å²) in [5.41, 5.74) is 0. The summed E-state index contributed by atoms with van der Waals surface area (Å²) in [6.07, 6.45) is 0.505. The van der Waals surface area contributed by atoms with Crippen molar-refractivity contribution in [2.75, 3.05) is 33.0 Å². The molecule has 5 rings (SSSR count). The van der Waals surface area contributed by atoms with Crippen molar-refractivity contribution >= 4 is 0 Å². The average molecular weight is 372 g/mol. The summed E-state index contributed by atoms with van der Waals surface area (Å²) >= 11 is 0. The maximum atomic E-state index is 10.9. The van der Waals surface area contributed by atoms with Crippen molar-refractivity contribution in [3.8, 4) is 0 Å². The van der Waals surface area contributed by atoms with Gasteiger partial charge in [-0.1, -0.05) is 0 Å². The van der Waals surface area contributed by atoms with Crippen LogP contribution in [0.2, 0.25) is 0 Å². The molecule has 5 heterocycles. The van der Waals surface area contributed by atoms with E-state index in [0.717, 1.165) is 38.9 Å². The molecule has 8 nitrogen and oxygen atoms in total. The van der Waals surface area contributed by atoms with Gasteiger partial charge in [0.15, 0.2) is 18.9 Å². The molecule has 0 amide bonds. The van der Waals surface area contributed by atoms with Crippen molar-refractivity contribution in [3.05, 3.63) is 0 Å². The van der Waals surface area contributed by atoms with E-state index in [1.165, 1.54) is 0 Å². The first kappa shape index (κ1) is 17.8. The first-order valence-electron chi connectivity index (χ1n) is 9.86. The Morgan fingerprint density at radius 2 is 1.35 bits per heavy atom. The van der Waals surface area contributed by atoms with Crippen LogP contribution in [0.1, 0.15) is 25.7 Å². The van der Waals surface area contributed by atoms with Crippen molar-refractivity contribution < 1.29 is 38.3 Å². The van der Waals surface area contributed by atoms with Crippen LogP contribution in [0, 0.1) is 11.8 Å². The minimum absolute atomic E-state index is 0.177. The van der Waals surface area contributed by atoms with Gasteiger partial charge in [-0.15, -0.1) is 0 Å². The van der Waals surface area contributed by atoms with Gasteiger partial charge in [0.05, 0.1) is 19.8 Å². The Bertz CT molecular complexity index is 462. The molecule has 9 atom stereocenters. The lowest BCUT2D eigenvalue weighted by Crippen LogP contribution is -2.62. The number of hydrogen-bond donors (Lipinski definition) is 1. The molecular formula is C18H28O8. The Morgan fingerprint density at radius 3 is 2.04 bits per heavy atom. The van der Waals surface area contributed by atoms with E-state index in [4.69, 9.17) is 33.2 Å². The van der Waals surface area contributed by atoms with Crippen molar-refractivity contribution in [1.29, 1.82) is 0 Å². The Labute approximate surface area is 153 Å². The highest BCUT2D eigenvalue weighted by Crippen LogP contribution is 2.39. The molecule has 5 aliphatic heterocycles. The summed E-state index contributed by atoms with van der Waals surface area (Å²) in [6, 6.07) is 0. The zero-order chi connectivity index (χ0) is 17.5. The van der Waals surface area contributed by atoms with Gasteiger partial charge in [-0.05, 0) is 25.7 Å². The fourth-order valence-electron chi connectivity index (χ4n) is 4.58. The Morgan fingerprint density at radius 1 is 0.654 bits per heavy atom. The van der Waals surface area contributed by atoms with Gasteiger partial charge in [-0.2, -0.15) is 0 Å². The minimum atomic E-state index is -0.802. The van der Waals surface area contributed by atoms with Crippen LogP contribution in [0.25, 0.3) is 0 Å². The first-order chi connectivity index (χ1) is 12.8. The van der Waals surface area contributed by atoms with Crippen LogP contribution in [-0.2, 0) is 33.2 Å². The molecule has 26 heavy (non-hydrogen) atoms. The number of aliphatic hydroxyl groups excluding tert-OH is 1. The van der Waals surface area contributed by atoms with Crippen molar-refractivity contribution in [1.82, 2.24) is 0 Å². The SMILES string of the molecule is OC1C2OC(C3CCCOC3)OCC2OC2OC(C3CCCOC3)OC21. The predicted molar refractivity (Wildman–Crippen MR) is 86.1 cm³/mol. The lowest BCUT2D eigenvalue weighted by molar-refractivity contribution is -0.347.